The molecule has 6 nitrogen and oxygen atoms in total. The number of aliphatic hydroxyl groups is 6. The van der Waals surface area contributed by atoms with Crippen LogP contribution in [0.4, 0.5) is 0 Å². The summed E-state index contributed by atoms with van der Waals surface area (Å²) < 4.78 is 0. The van der Waals surface area contributed by atoms with Gasteiger partial charge < -0.3 is 30.6 Å². The van der Waals surface area contributed by atoms with E-state index in [2.05, 4.69) is 0 Å². The monoisotopic (exact) mass is 224 g/mol. The van der Waals surface area contributed by atoms with Crippen LogP contribution in [0.25, 0.3) is 0 Å². The molecule has 6 heteroatoms. The van der Waals surface area contributed by atoms with Gasteiger partial charge in [0.1, 0.15) is 12.2 Å². The lowest BCUT2D eigenvalue weighted by molar-refractivity contribution is -0.0317. The van der Waals surface area contributed by atoms with Crippen molar-refractivity contribution in [1.29, 1.82) is 0 Å². The second-order valence-electron chi connectivity index (χ2n) is 3.57. The lowest BCUT2D eigenvalue weighted by Gasteiger charge is -2.18. The maximum atomic E-state index is 9.22. The molecule has 4 atom stereocenters. The summed E-state index contributed by atoms with van der Waals surface area (Å²) in [4.78, 5) is 0. The molecule has 4 unspecified atom stereocenters. The van der Waals surface area contributed by atoms with Crippen molar-refractivity contribution >= 4 is 0 Å². The first-order valence-electron chi connectivity index (χ1n) is 4.96. The molecule has 0 spiro atoms. The Morgan fingerprint density at radius 1 is 0.600 bits per heavy atom. The van der Waals surface area contributed by atoms with Gasteiger partial charge in [-0.1, -0.05) is 0 Å². The normalized spacial score (nSPS) is 19.6. The summed E-state index contributed by atoms with van der Waals surface area (Å²) in [5.74, 6) is 0. The second kappa shape index (κ2) is 7.98. The van der Waals surface area contributed by atoms with Crippen LogP contribution in [0.2, 0.25) is 0 Å². The average molecular weight is 224 g/mol. The van der Waals surface area contributed by atoms with Gasteiger partial charge in [-0.3, -0.25) is 0 Å². The van der Waals surface area contributed by atoms with E-state index in [1.165, 1.54) is 0 Å². The summed E-state index contributed by atoms with van der Waals surface area (Å²) in [6, 6.07) is 0. The highest BCUT2D eigenvalue weighted by molar-refractivity contribution is 4.70. The molecule has 0 bridgehead atoms. The van der Waals surface area contributed by atoms with Gasteiger partial charge in [0.05, 0.1) is 25.4 Å². The van der Waals surface area contributed by atoms with E-state index in [4.69, 9.17) is 20.4 Å². The number of rotatable bonds is 8. The van der Waals surface area contributed by atoms with Crippen molar-refractivity contribution in [3.8, 4) is 0 Å². The maximum absolute atomic E-state index is 9.22. The highest BCUT2D eigenvalue weighted by Crippen LogP contribution is 2.09. The molecule has 0 fully saturated rings. The smallest absolute Gasteiger partial charge is 0.103 e. The molecule has 0 amide bonds. The predicted octanol–water partition coefficient (Wildman–Crippen LogP) is -2.42. The molecule has 0 aromatic rings. The van der Waals surface area contributed by atoms with Crippen LogP contribution >= 0.6 is 0 Å². The molecule has 0 saturated carbocycles. The third-order valence-corrected chi connectivity index (χ3v) is 2.26. The van der Waals surface area contributed by atoms with Crippen molar-refractivity contribution in [2.45, 2.75) is 43.7 Å². The van der Waals surface area contributed by atoms with E-state index in [1.807, 2.05) is 0 Å². The topological polar surface area (TPSA) is 121 Å². The summed E-state index contributed by atoms with van der Waals surface area (Å²) >= 11 is 0. The number of hydrogen-bond acceptors (Lipinski definition) is 6. The first-order chi connectivity index (χ1) is 7.02. The molecule has 0 aromatic heterocycles. The Morgan fingerprint density at radius 3 is 1.20 bits per heavy atom. The molecule has 0 radical (unpaired) electrons. The Balaban J connectivity index is 3.60. The molecule has 0 rings (SSSR count). The van der Waals surface area contributed by atoms with Crippen molar-refractivity contribution in [2.24, 2.45) is 0 Å². The second-order valence-corrected chi connectivity index (χ2v) is 3.57. The van der Waals surface area contributed by atoms with E-state index in [9.17, 15) is 10.2 Å². The number of hydrogen-bond donors (Lipinski definition) is 6. The van der Waals surface area contributed by atoms with Gasteiger partial charge in [-0.25, -0.2) is 0 Å². The minimum atomic E-state index is -1.18. The molecular formula is C9H20O6. The zero-order chi connectivity index (χ0) is 11.8. The summed E-state index contributed by atoms with van der Waals surface area (Å²) in [6.45, 7) is -1.02. The van der Waals surface area contributed by atoms with E-state index < -0.39 is 37.6 Å². The summed E-state index contributed by atoms with van der Waals surface area (Å²) in [6.07, 6.45) is -3.60. The SMILES string of the molecule is OCC(O)C(O)CCCC(O)C(O)CO. The van der Waals surface area contributed by atoms with E-state index in [-0.39, 0.29) is 12.8 Å². The molecule has 6 N–H and O–H groups in total. The quantitative estimate of drug-likeness (QED) is 0.273. The van der Waals surface area contributed by atoms with Gasteiger partial charge in [-0.15, -0.1) is 0 Å². The summed E-state index contributed by atoms with van der Waals surface area (Å²) in [5.41, 5.74) is 0. The fourth-order valence-electron chi connectivity index (χ4n) is 1.16. The first kappa shape index (κ1) is 14.8. The molecule has 92 valence electrons. The highest BCUT2D eigenvalue weighted by atomic mass is 16.4. The molecule has 0 saturated heterocycles. The largest absolute Gasteiger partial charge is 0.394 e. The summed E-state index contributed by atoms with van der Waals surface area (Å²) in [7, 11) is 0. The maximum Gasteiger partial charge on any atom is 0.103 e. The zero-order valence-corrected chi connectivity index (χ0v) is 8.53. The van der Waals surface area contributed by atoms with Crippen LogP contribution in [-0.4, -0.2) is 68.3 Å². The average Bonchev–Trinajstić information content (AvgIpc) is 2.26. The standard InChI is InChI=1S/C9H20O6/c10-4-8(14)6(12)2-1-3-7(13)9(15)5-11/h6-15H,1-5H2. The Hall–Kier alpha value is -0.240. The molecule has 0 aliphatic carbocycles. The van der Waals surface area contributed by atoms with Gasteiger partial charge in [-0.05, 0) is 19.3 Å². The Kier molecular flexibility index (Phi) is 7.85. The minimum Gasteiger partial charge on any atom is -0.394 e. The zero-order valence-electron chi connectivity index (χ0n) is 8.53. The van der Waals surface area contributed by atoms with Gasteiger partial charge in [-0.2, -0.15) is 0 Å². The molecule has 0 aliphatic heterocycles. The van der Waals surface area contributed by atoms with Gasteiger partial charge in [0.25, 0.3) is 0 Å². The van der Waals surface area contributed by atoms with Crippen molar-refractivity contribution in [3.63, 3.8) is 0 Å². The predicted molar refractivity (Wildman–Crippen MR) is 52.0 cm³/mol. The van der Waals surface area contributed by atoms with Crippen LogP contribution in [0.5, 0.6) is 0 Å². The van der Waals surface area contributed by atoms with Crippen molar-refractivity contribution in [1.82, 2.24) is 0 Å². The van der Waals surface area contributed by atoms with Crippen molar-refractivity contribution in [2.75, 3.05) is 13.2 Å². The lowest BCUT2D eigenvalue weighted by atomic mass is 10.0. The van der Waals surface area contributed by atoms with Crippen LogP contribution in [0.15, 0.2) is 0 Å². The van der Waals surface area contributed by atoms with E-state index in [0.717, 1.165) is 0 Å². The van der Waals surface area contributed by atoms with E-state index in [0.29, 0.717) is 6.42 Å². The summed E-state index contributed by atoms with van der Waals surface area (Å²) in [5, 5.41) is 53.5. The van der Waals surface area contributed by atoms with Crippen LogP contribution in [0, 0.1) is 0 Å². The lowest BCUT2D eigenvalue weighted by Crippen LogP contribution is -2.31. The molecular weight excluding hydrogens is 204 g/mol. The molecule has 0 heterocycles. The Labute approximate surface area is 88.4 Å². The van der Waals surface area contributed by atoms with Gasteiger partial charge in [0.15, 0.2) is 0 Å². The fourth-order valence-corrected chi connectivity index (χ4v) is 1.16. The van der Waals surface area contributed by atoms with Crippen molar-refractivity contribution < 1.29 is 30.6 Å². The van der Waals surface area contributed by atoms with Crippen LogP contribution in [0.1, 0.15) is 19.3 Å². The minimum absolute atomic E-state index is 0.219. The van der Waals surface area contributed by atoms with Crippen molar-refractivity contribution in [3.05, 3.63) is 0 Å². The Bertz CT molecular complexity index is 138. The molecule has 0 aliphatic rings. The highest BCUT2D eigenvalue weighted by Gasteiger charge is 2.18. The molecule has 15 heavy (non-hydrogen) atoms. The van der Waals surface area contributed by atoms with E-state index >= 15 is 0 Å². The third kappa shape index (κ3) is 6.03. The van der Waals surface area contributed by atoms with Crippen LogP contribution in [0.3, 0.4) is 0 Å². The fraction of sp³-hybridized carbons (Fsp3) is 1.00. The Morgan fingerprint density at radius 2 is 0.933 bits per heavy atom. The van der Waals surface area contributed by atoms with E-state index in [1.54, 1.807) is 0 Å². The van der Waals surface area contributed by atoms with Gasteiger partial charge >= 0.3 is 0 Å². The first-order valence-corrected chi connectivity index (χ1v) is 4.96. The van der Waals surface area contributed by atoms with Gasteiger partial charge in [0, 0.05) is 0 Å². The van der Waals surface area contributed by atoms with Gasteiger partial charge in [0.2, 0.25) is 0 Å². The van der Waals surface area contributed by atoms with Crippen LogP contribution in [-0.2, 0) is 0 Å². The molecule has 0 aromatic carbocycles. The van der Waals surface area contributed by atoms with Crippen LogP contribution < -0.4 is 0 Å². The number of aliphatic hydroxyl groups excluding tert-OH is 6. The third-order valence-electron chi connectivity index (χ3n) is 2.26.